The van der Waals surface area contributed by atoms with E-state index in [0.29, 0.717) is 10.0 Å². The van der Waals surface area contributed by atoms with E-state index >= 15 is 0 Å². The Morgan fingerprint density at radius 2 is 1.82 bits per heavy atom. The van der Waals surface area contributed by atoms with Gasteiger partial charge < -0.3 is 4.90 Å². The van der Waals surface area contributed by atoms with Crippen molar-refractivity contribution < 1.29 is 0 Å². The van der Waals surface area contributed by atoms with Gasteiger partial charge in [0.05, 0.1) is 21.4 Å². The minimum atomic E-state index is 0.635. The minimum Gasteiger partial charge on any atom is -0.368 e. The summed E-state index contributed by atoms with van der Waals surface area (Å²) in [6, 6.07) is 12.7. The first-order valence-corrected chi connectivity index (χ1v) is 11.0. The standard InChI is InChI=1S/C23H27Cl2N3/c24-20-7-3-8-22(23(20)25)28-15-13-27(14-16-28)12-2-1-5-18-9-10-21-19(17-18)6-4-11-26-21/h3,7-11,17H,1-2,4-6,12-16H2. The van der Waals surface area contributed by atoms with E-state index in [0.717, 1.165) is 56.8 Å². The summed E-state index contributed by atoms with van der Waals surface area (Å²) in [6.45, 7) is 5.35. The van der Waals surface area contributed by atoms with E-state index < -0.39 is 0 Å². The van der Waals surface area contributed by atoms with Crippen LogP contribution in [0.25, 0.3) is 0 Å². The lowest BCUT2D eigenvalue weighted by Crippen LogP contribution is -2.46. The summed E-state index contributed by atoms with van der Waals surface area (Å²) in [6.07, 6.45) is 7.88. The third-order valence-electron chi connectivity index (χ3n) is 5.75. The van der Waals surface area contributed by atoms with Crippen molar-refractivity contribution in [3.63, 3.8) is 0 Å². The minimum absolute atomic E-state index is 0.635. The molecular weight excluding hydrogens is 389 g/mol. The van der Waals surface area contributed by atoms with E-state index in [2.05, 4.69) is 39.1 Å². The molecule has 2 heterocycles. The Labute approximate surface area is 178 Å². The third-order valence-corrected chi connectivity index (χ3v) is 6.56. The maximum absolute atomic E-state index is 6.37. The molecule has 28 heavy (non-hydrogen) atoms. The van der Waals surface area contributed by atoms with Gasteiger partial charge >= 0.3 is 0 Å². The molecule has 0 N–H and O–H groups in total. The number of benzene rings is 2. The highest BCUT2D eigenvalue weighted by Crippen LogP contribution is 2.33. The molecule has 3 nitrogen and oxygen atoms in total. The lowest BCUT2D eigenvalue weighted by molar-refractivity contribution is 0.253. The van der Waals surface area contributed by atoms with Gasteiger partial charge in [-0.05, 0) is 68.0 Å². The van der Waals surface area contributed by atoms with Crippen LogP contribution in [0.5, 0.6) is 0 Å². The molecule has 0 amide bonds. The monoisotopic (exact) mass is 415 g/mol. The number of hydrogen-bond donors (Lipinski definition) is 0. The van der Waals surface area contributed by atoms with E-state index in [1.165, 1.54) is 30.5 Å². The highest BCUT2D eigenvalue weighted by atomic mass is 35.5. The molecule has 1 fully saturated rings. The summed E-state index contributed by atoms with van der Waals surface area (Å²) in [4.78, 5) is 9.39. The first-order valence-electron chi connectivity index (χ1n) is 10.3. The smallest absolute Gasteiger partial charge is 0.0825 e. The van der Waals surface area contributed by atoms with Crippen LogP contribution in [-0.4, -0.2) is 43.8 Å². The molecule has 2 aliphatic heterocycles. The van der Waals surface area contributed by atoms with E-state index in [4.69, 9.17) is 23.2 Å². The quantitative estimate of drug-likeness (QED) is 0.556. The van der Waals surface area contributed by atoms with Crippen molar-refractivity contribution in [2.75, 3.05) is 37.6 Å². The summed E-state index contributed by atoms with van der Waals surface area (Å²) in [5.74, 6) is 0. The van der Waals surface area contributed by atoms with Gasteiger partial charge in [0.15, 0.2) is 0 Å². The summed E-state index contributed by atoms with van der Waals surface area (Å²) < 4.78 is 0. The van der Waals surface area contributed by atoms with Crippen molar-refractivity contribution in [3.8, 4) is 0 Å². The van der Waals surface area contributed by atoms with Crippen molar-refractivity contribution in [2.45, 2.75) is 32.1 Å². The van der Waals surface area contributed by atoms with Gasteiger partial charge in [-0.1, -0.05) is 41.4 Å². The van der Waals surface area contributed by atoms with Crippen LogP contribution in [0.15, 0.2) is 41.4 Å². The Hall–Kier alpha value is -1.55. The zero-order valence-electron chi connectivity index (χ0n) is 16.2. The van der Waals surface area contributed by atoms with Gasteiger partial charge in [-0.2, -0.15) is 0 Å². The molecule has 0 unspecified atom stereocenters. The number of piperazine rings is 1. The highest BCUT2D eigenvalue weighted by molar-refractivity contribution is 6.43. The molecule has 2 aromatic carbocycles. The SMILES string of the molecule is Clc1cccc(N2CCN(CCCCc3ccc4c(c3)CCC=N4)CC2)c1Cl. The fraction of sp³-hybridized carbons (Fsp3) is 0.435. The molecule has 0 aliphatic carbocycles. The van der Waals surface area contributed by atoms with Crippen LogP contribution >= 0.6 is 23.2 Å². The predicted molar refractivity (Wildman–Crippen MR) is 121 cm³/mol. The number of aliphatic imine (C=N–C) groups is 1. The second-order valence-electron chi connectivity index (χ2n) is 7.67. The molecule has 0 spiro atoms. The summed E-state index contributed by atoms with van der Waals surface area (Å²) >= 11 is 12.5. The summed E-state index contributed by atoms with van der Waals surface area (Å²) in [5.41, 5.74) is 5.09. The number of hydrogen-bond acceptors (Lipinski definition) is 3. The Kier molecular flexibility index (Phi) is 6.56. The van der Waals surface area contributed by atoms with Crippen LogP contribution in [0.3, 0.4) is 0 Å². The number of unbranched alkanes of at least 4 members (excludes halogenated alkanes) is 1. The molecule has 148 valence electrons. The maximum Gasteiger partial charge on any atom is 0.0825 e. The first kappa shape index (κ1) is 19.8. The average Bonchev–Trinajstić information content (AvgIpc) is 2.74. The van der Waals surface area contributed by atoms with Crippen LogP contribution in [-0.2, 0) is 12.8 Å². The lowest BCUT2D eigenvalue weighted by Gasteiger charge is -2.36. The van der Waals surface area contributed by atoms with Gasteiger partial charge in [0.25, 0.3) is 0 Å². The second-order valence-corrected chi connectivity index (χ2v) is 8.46. The molecule has 2 aromatic rings. The lowest BCUT2D eigenvalue weighted by atomic mass is 9.99. The topological polar surface area (TPSA) is 18.8 Å². The Morgan fingerprint density at radius 1 is 0.964 bits per heavy atom. The average molecular weight is 416 g/mol. The summed E-state index contributed by atoms with van der Waals surface area (Å²) in [7, 11) is 0. The van der Waals surface area contributed by atoms with Gasteiger partial charge in [-0.15, -0.1) is 0 Å². The van der Waals surface area contributed by atoms with E-state index in [1.807, 2.05) is 18.3 Å². The number of anilines is 1. The van der Waals surface area contributed by atoms with Gasteiger partial charge in [0.1, 0.15) is 0 Å². The zero-order valence-corrected chi connectivity index (χ0v) is 17.7. The fourth-order valence-corrected chi connectivity index (χ4v) is 4.53. The van der Waals surface area contributed by atoms with Crippen LogP contribution in [0, 0.1) is 0 Å². The molecule has 4 rings (SSSR count). The number of fused-ring (bicyclic) bond motifs is 1. The zero-order chi connectivity index (χ0) is 19.3. The summed E-state index contributed by atoms with van der Waals surface area (Å²) in [5, 5.41) is 1.31. The van der Waals surface area contributed by atoms with Crippen molar-refractivity contribution in [3.05, 3.63) is 57.6 Å². The fourth-order valence-electron chi connectivity index (χ4n) is 4.12. The van der Waals surface area contributed by atoms with Gasteiger partial charge in [0, 0.05) is 32.4 Å². The third kappa shape index (κ3) is 4.71. The van der Waals surface area contributed by atoms with Crippen LogP contribution in [0.4, 0.5) is 11.4 Å². The van der Waals surface area contributed by atoms with Crippen molar-refractivity contribution >= 4 is 40.8 Å². The van der Waals surface area contributed by atoms with E-state index in [1.54, 1.807) is 0 Å². The van der Waals surface area contributed by atoms with E-state index in [9.17, 15) is 0 Å². The Morgan fingerprint density at radius 3 is 2.68 bits per heavy atom. The molecular formula is C23H27Cl2N3. The molecule has 0 atom stereocenters. The highest BCUT2D eigenvalue weighted by Gasteiger charge is 2.19. The van der Waals surface area contributed by atoms with Crippen LogP contribution < -0.4 is 4.90 Å². The molecule has 0 bridgehead atoms. The molecule has 0 aromatic heterocycles. The largest absolute Gasteiger partial charge is 0.368 e. The van der Waals surface area contributed by atoms with Gasteiger partial charge in [0.2, 0.25) is 0 Å². The normalized spacial score (nSPS) is 17.0. The number of aryl methyl sites for hydroxylation is 2. The molecule has 0 radical (unpaired) electrons. The maximum atomic E-state index is 6.37. The number of rotatable bonds is 6. The first-order chi connectivity index (χ1) is 13.7. The predicted octanol–water partition coefficient (Wildman–Crippen LogP) is 5.79. The van der Waals surface area contributed by atoms with Crippen molar-refractivity contribution in [2.24, 2.45) is 4.99 Å². The molecule has 0 saturated carbocycles. The van der Waals surface area contributed by atoms with Crippen LogP contribution in [0.1, 0.15) is 30.4 Å². The van der Waals surface area contributed by atoms with Crippen molar-refractivity contribution in [1.29, 1.82) is 0 Å². The van der Waals surface area contributed by atoms with E-state index in [-0.39, 0.29) is 0 Å². The van der Waals surface area contributed by atoms with Gasteiger partial charge in [-0.3, -0.25) is 9.89 Å². The second kappa shape index (κ2) is 9.30. The van der Waals surface area contributed by atoms with Crippen molar-refractivity contribution in [1.82, 2.24) is 4.90 Å². The number of nitrogens with zero attached hydrogens (tertiary/aromatic N) is 3. The van der Waals surface area contributed by atoms with Gasteiger partial charge in [-0.25, -0.2) is 0 Å². The van der Waals surface area contributed by atoms with Crippen LogP contribution in [0.2, 0.25) is 10.0 Å². The Bertz CT molecular complexity index is 842. The molecule has 5 heteroatoms. The molecule has 1 saturated heterocycles. The molecule has 2 aliphatic rings. The Balaban J connectivity index is 1.20. The number of halogens is 2.